The van der Waals surface area contributed by atoms with Crippen molar-refractivity contribution >= 4 is 35.6 Å². The summed E-state index contributed by atoms with van der Waals surface area (Å²) in [6, 6.07) is 11.0. The predicted molar refractivity (Wildman–Crippen MR) is 122 cm³/mol. The Morgan fingerprint density at radius 3 is 2.58 bits per heavy atom. The fourth-order valence-electron chi connectivity index (χ4n) is 3.29. The van der Waals surface area contributed by atoms with Gasteiger partial charge < -0.3 is 20.3 Å². The first-order valence-electron chi connectivity index (χ1n) is 9.24. The van der Waals surface area contributed by atoms with Crippen molar-refractivity contribution in [3.63, 3.8) is 0 Å². The fraction of sp³-hybridized carbons (Fsp3) is 0.650. The maximum Gasteiger partial charge on any atom is 0.191 e. The van der Waals surface area contributed by atoms with Crippen molar-refractivity contribution in [2.75, 3.05) is 38.7 Å². The van der Waals surface area contributed by atoms with Gasteiger partial charge in [0.2, 0.25) is 0 Å². The van der Waals surface area contributed by atoms with Gasteiger partial charge in [0.25, 0.3) is 0 Å². The van der Waals surface area contributed by atoms with Crippen LogP contribution in [0.5, 0.6) is 0 Å². The van der Waals surface area contributed by atoms with Crippen molar-refractivity contribution in [3.8, 4) is 0 Å². The van der Waals surface area contributed by atoms with E-state index in [1.807, 2.05) is 7.05 Å². The van der Waals surface area contributed by atoms with E-state index in [2.05, 4.69) is 71.6 Å². The summed E-state index contributed by atoms with van der Waals surface area (Å²) in [6.45, 7) is 9.43. The third kappa shape index (κ3) is 6.95. The van der Waals surface area contributed by atoms with E-state index >= 15 is 0 Å². The smallest absolute Gasteiger partial charge is 0.191 e. The lowest BCUT2D eigenvalue weighted by Gasteiger charge is -2.36. The molecule has 0 saturated carbocycles. The Hall–Kier alpha value is -1.02. The van der Waals surface area contributed by atoms with E-state index in [0.29, 0.717) is 6.04 Å². The molecule has 1 aliphatic heterocycles. The van der Waals surface area contributed by atoms with Gasteiger partial charge in [0.15, 0.2) is 5.96 Å². The van der Waals surface area contributed by atoms with E-state index < -0.39 is 0 Å². The molecule has 2 rings (SSSR count). The summed E-state index contributed by atoms with van der Waals surface area (Å²) >= 11 is 0. The van der Waals surface area contributed by atoms with Gasteiger partial charge in [-0.1, -0.05) is 39.0 Å². The molecule has 26 heavy (non-hydrogen) atoms. The molecule has 0 aliphatic carbocycles. The van der Waals surface area contributed by atoms with E-state index in [0.717, 1.165) is 32.0 Å². The normalized spacial score (nSPS) is 19.5. The van der Waals surface area contributed by atoms with Gasteiger partial charge in [0, 0.05) is 45.5 Å². The second kappa shape index (κ2) is 11.0. The molecule has 0 radical (unpaired) electrons. The molecule has 5 nitrogen and oxygen atoms in total. The number of piperidine rings is 1. The zero-order chi connectivity index (χ0) is 18.3. The van der Waals surface area contributed by atoms with Crippen LogP contribution in [0, 0.1) is 5.41 Å². The number of nitrogens with one attached hydrogen (secondary N) is 2. The number of rotatable bonds is 5. The van der Waals surface area contributed by atoms with Crippen molar-refractivity contribution < 1.29 is 4.74 Å². The number of hydrogen-bond acceptors (Lipinski definition) is 3. The third-order valence-corrected chi connectivity index (χ3v) is 4.81. The van der Waals surface area contributed by atoms with Crippen LogP contribution >= 0.6 is 24.0 Å². The highest BCUT2D eigenvalue weighted by Crippen LogP contribution is 2.21. The molecule has 148 valence electrons. The third-order valence-electron chi connectivity index (χ3n) is 4.81. The van der Waals surface area contributed by atoms with Crippen molar-refractivity contribution in [2.45, 2.75) is 45.8 Å². The highest BCUT2D eigenvalue weighted by molar-refractivity contribution is 14.0. The molecule has 1 aromatic carbocycles. The summed E-state index contributed by atoms with van der Waals surface area (Å²) in [5.74, 6) is 0.853. The van der Waals surface area contributed by atoms with E-state index in [4.69, 9.17) is 4.74 Å². The van der Waals surface area contributed by atoms with Crippen molar-refractivity contribution in [1.29, 1.82) is 0 Å². The second-order valence-corrected chi connectivity index (χ2v) is 7.81. The molecule has 0 aromatic heterocycles. The van der Waals surface area contributed by atoms with Gasteiger partial charge in [-0.15, -0.1) is 24.0 Å². The monoisotopic (exact) mass is 474 g/mol. The van der Waals surface area contributed by atoms with Gasteiger partial charge in [-0.05, 0) is 30.4 Å². The van der Waals surface area contributed by atoms with E-state index in [1.165, 1.54) is 12.1 Å². The summed E-state index contributed by atoms with van der Waals surface area (Å²) in [5.41, 5.74) is 1.39. The van der Waals surface area contributed by atoms with Crippen LogP contribution in [0.15, 0.2) is 35.3 Å². The molecule has 2 unspecified atom stereocenters. The largest absolute Gasteiger partial charge is 0.379 e. The number of nitrogens with zero attached hydrogens (tertiary/aromatic N) is 2. The van der Waals surface area contributed by atoms with Gasteiger partial charge in [-0.3, -0.25) is 4.99 Å². The molecule has 1 aliphatic rings. The molecular formula is C20H35IN4O. The van der Waals surface area contributed by atoms with Crippen LogP contribution in [-0.2, 0) is 4.74 Å². The summed E-state index contributed by atoms with van der Waals surface area (Å²) in [7, 11) is 3.60. The van der Waals surface area contributed by atoms with Crippen LogP contribution in [0.25, 0.3) is 0 Å². The highest BCUT2D eigenvalue weighted by atomic mass is 127. The molecule has 1 saturated heterocycles. The lowest BCUT2D eigenvalue weighted by atomic mass is 9.89. The molecule has 2 atom stereocenters. The van der Waals surface area contributed by atoms with Crippen LogP contribution in [0.4, 0.5) is 5.69 Å². The van der Waals surface area contributed by atoms with Crippen LogP contribution in [0.3, 0.4) is 0 Å². The van der Waals surface area contributed by atoms with Gasteiger partial charge in [-0.2, -0.15) is 0 Å². The molecular weight excluding hydrogens is 439 g/mol. The highest BCUT2D eigenvalue weighted by Gasteiger charge is 2.25. The molecule has 0 spiro atoms. The molecule has 0 bridgehead atoms. The standard InChI is InChI=1S/C20H34N4O.HI/c1-20(2,3)18(25-5)14-22-19(21-4)23-16-10-9-13-24(15-16)17-11-7-6-8-12-17;/h6-8,11-12,16,18H,9-10,13-15H2,1-5H3,(H2,21,22,23);1H. The first-order valence-corrected chi connectivity index (χ1v) is 9.24. The maximum atomic E-state index is 5.62. The average molecular weight is 474 g/mol. The number of methoxy groups -OCH3 is 1. The summed E-state index contributed by atoms with van der Waals surface area (Å²) < 4.78 is 5.62. The minimum Gasteiger partial charge on any atom is -0.379 e. The zero-order valence-corrected chi connectivity index (χ0v) is 19.1. The first kappa shape index (κ1) is 23.0. The lowest BCUT2D eigenvalue weighted by molar-refractivity contribution is 0.0205. The molecule has 0 amide bonds. The van der Waals surface area contributed by atoms with Crippen LogP contribution in [0.1, 0.15) is 33.6 Å². The Morgan fingerprint density at radius 1 is 1.31 bits per heavy atom. The molecule has 6 heteroatoms. The Kier molecular flexibility index (Phi) is 9.71. The van der Waals surface area contributed by atoms with E-state index in [1.54, 1.807) is 7.11 Å². The van der Waals surface area contributed by atoms with E-state index in [-0.39, 0.29) is 35.5 Å². The zero-order valence-electron chi connectivity index (χ0n) is 16.8. The van der Waals surface area contributed by atoms with Crippen molar-refractivity contribution in [3.05, 3.63) is 30.3 Å². The second-order valence-electron chi connectivity index (χ2n) is 7.81. The van der Waals surface area contributed by atoms with Crippen molar-refractivity contribution in [1.82, 2.24) is 10.6 Å². The topological polar surface area (TPSA) is 48.9 Å². The number of halogens is 1. The molecule has 1 fully saturated rings. The number of ether oxygens (including phenoxy) is 1. The predicted octanol–water partition coefficient (Wildman–Crippen LogP) is 3.50. The Labute approximate surface area is 176 Å². The van der Waals surface area contributed by atoms with Gasteiger partial charge >= 0.3 is 0 Å². The minimum absolute atomic E-state index is 0. The Morgan fingerprint density at radius 2 is 2.00 bits per heavy atom. The fourth-order valence-corrected chi connectivity index (χ4v) is 3.29. The molecule has 2 N–H and O–H groups in total. The quantitative estimate of drug-likeness (QED) is 0.390. The molecule has 1 aromatic rings. The number of guanidine groups is 1. The number of aliphatic imine (C=N–C) groups is 1. The number of para-hydroxylation sites is 1. The average Bonchev–Trinajstić information content (AvgIpc) is 2.61. The van der Waals surface area contributed by atoms with E-state index in [9.17, 15) is 0 Å². The maximum absolute atomic E-state index is 5.62. The Balaban J connectivity index is 0.00000338. The Bertz CT molecular complexity index is 544. The van der Waals surface area contributed by atoms with Crippen molar-refractivity contribution in [2.24, 2.45) is 10.4 Å². The van der Waals surface area contributed by atoms with Gasteiger partial charge in [-0.25, -0.2) is 0 Å². The lowest BCUT2D eigenvalue weighted by Crippen LogP contribution is -2.53. The summed E-state index contributed by atoms with van der Waals surface area (Å²) in [6.07, 6.45) is 2.49. The number of benzene rings is 1. The van der Waals surface area contributed by atoms with Crippen LogP contribution < -0.4 is 15.5 Å². The summed E-state index contributed by atoms with van der Waals surface area (Å²) in [5, 5.41) is 7.00. The van der Waals surface area contributed by atoms with Crippen LogP contribution in [-0.4, -0.2) is 51.9 Å². The van der Waals surface area contributed by atoms with Gasteiger partial charge in [0.05, 0.1) is 6.10 Å². The number of hydrogen-bond donors (Lipinski definition) is 2. The van der Waals surface area contributed by atoms with Crippen LogP contribution in [0.2, 0.25) is 0 Å². The first-order chi connectivity index (χ1) is 11.9. The minimum atomic E-state index is 0. The SMILES string of the molecule is CN=C(NCC(OC)C(C)(C)C)NC1CCCN(c2ccccc2)C1.I. The number of anilines is 1. The molecule has 1 heterocycles. The summed E-state index contributed by atoms with van der Waals surface area (Å²) in [4.78, 5) is 6.83. The van der Waals surface area contributed by atoms with Gasteiger partial charge in [0.1, 0.15) is 0 Å².